The Morgan fingerprint density at radius 2 is 1.69 bits per heavy atom. The molecule has 1 radical (unpaired) electrons. The Hall–Kier alpha value is -1.83. The highest BCUT2D eigenvalue weighted by atomic mass is 16.3. The first-order chi connectivity index (χ1) is 6.36. The van der Waals surface area contributed by atoms with Crippen LogP contribution in [0, 0.1) is 0 Å². The molecule has 0 saturated carbocycles. The fourth-order valence-electron chi connectivity index (χ4n) is 1.18. The van der Waals surface area contributed by atoms with Gasteiger partial charge in [0.15, 0.2) is 5.75 Å². The zero-order valence-corrected chi connectivity index (χ0v) is 6.97. The predicted octanol–water partition coefficient (Wildman–Crippen LogP) is 2.89. The van der Waals surface area contributed by atoms with Gasteiger partial charge in [0, 0.05) is 12.4 Å². The summed E-state index contributed by atoms with van der Waals surface area (Å²) in [6, 6.07) is 10.6. The van der Waals surface area contributed by atoms with Gasteiger partial charge in [-0.1, -0.05) is 18.2 Å². The maximum atomic E-state index is 10.8. The normalized spacial score (nSPS) is 9.85. The number of rotatable bonds is 1. The summed E-state index contributed by atoms with van der Waals surface area (Å²) in [5.74, 6) is 0.0349. The Morgan fingerprint density at radius 3 is 2.31 bits per heavy atom. The average molecular weight is 170 g/mol. The van der Waals surface area contributed by atoms with Crippen molar-refractivity contribution in [3.05, 3.63) is 48.8 Å². The standard InChI is InChI=1S/C11H8NO/c13-11-5-3-9(4-6-11)10-2-1-7-12-8-10/h1-8H. The van der Waals surface area contributed by atoms with E-state index in [1.807, 2.05) is 12.1 Å². The maximum absolute atomic E-state index is 10.8. The molecule has 0 saturated heterocycles. The van der Waals surface area contributed by atoms with Crippen molar-refractivity contribution in [1.29, 1.82) is 0 Å². The monoisotopic (exact) mass is 170 g/mol. The van der Waals surface area contributed by atoms with Crippen molar-refractivity contribution in [3.63, 3.8) is 0 Å². The van der Waals surface area contributed by atoms with Gasteiger partial charge in [-0.3, -0.25) is 10.1 Å². The van der Waals surface area contributed by atoms with Crippen LogP contribution in [-0.2, 0) is 5.11 Å². The van der Waals surface area contributed by atoms with Gasteiger partial charge in [0.1, 0.15) is 0 Å². The van der Waals surface area contributed by atoms with Crippen LogP contribution in [0.15, 0.2) is 48.8 Å². The van der Waals surface area contributed by atoms with Crippen molar-refractivity contribution < 1.29 is 5.11 Å². The molecular formula is C11H8NO. The molecule has 2 aromatic rings. The Kier molecular flexibility index (Phi) is 1.96. The minimum Gasteiger partial charge on any atom is -0.290 e. The summed E-state index contributed by atoms with van der Waals surface area (Å²) in [4.78, 5) is 4.01. The average Bonchev–Trinajstić information content (AvgIpc) is 2.20. The highest BCUT2D eigenvalue weighted by Gasteiger charge is 1.96. The molecule has 13 heavy (non-hydrogen) atoms. The minimum atomic E-state index is 0.0349. The van der Waals surface area contributed by atoms with Crippen LogP contribution in [0.25, 0.3) is 11.1 Å². The Balaban J connectivity index is 2.42. The quantitative estimate of drug-likeness (QED) is 0.647. The summed E-state index contributed by atoms with van der Waals surface area (Å²) in [6.07, 6.45) is 3.51. The van der Waals surface area contributed by atoms with E-state index >= 15 is 0 Å². The van der Waals surface area contributed by atoms with E-state index in [1.54, 1.807) is 36.7 Å². The first kappa shape index (κ1) is 7.80. The summed E-state index contributed by atoms with van der Waals surface area (Å²) >= 11 is 0. The van der Waals surface area contributed by atoms with Crippen LogP contribution in [-0.4, -0.2) is 4.98 Å². The second-order valence-corrected chi connectivity index (χ2v) is 2.77. The van der Waals surface area contributed by atoms with Crippen molar-refractivity contribution >= 4 is 0 Å². The second-order valence-electron chi connectivity index (χ2n) is 2.77. The highest BCUT2D eigenvalue weighted by Crippen LogP contribution is 2.20. The minimum absolute atomic E-state index is 0.0349. The van der Waals surface area contributed by atoms with Crippen LogP contribution in [0.4, 0.5) is 0 Å². The lowest BCUT2D eigenvalue weighted by atomic mass is 10.1. The fraction of sp³-hybridized carbons (Fsp3) is 0. The molecule has 0 bridgehead atoms. The lowest BCUT2D eigenvalue weighted by molar-refractivity contribution is 0.355. The first-order valence-electron chi connectivity index (χ1n) is 4.04. The van der Waals surface area contributed by atoms with Gasteiger partial charge >= 0.3 is 0 Å². The molecule has 0 unspecified atom stereocenters. The van der Waals surface area contributed by atoms with Gasteiger partial charge in [-0.15, -0.1) is 0 Å². The molecule has 0 fully saturated rings. The molecular weight excluding hydrogens is 162 g/mol. The molecule has 0 spiro atoms. The Bertz CT molecular complexity index is 381. The molecule has 0 aliphatic rings. The molecule has 1 aromatic heterocycles. The second kappa shape index (κ2) is 3.27. The van der Waals surface area contributed by atoms with Crippen molar-refractivity contribution in [2.45, 2.75) is 0 Å². The van der Waals surface area contributed by atoms with E-state index in [4.69, 9.17) is 0 Å². The molecule has 2 heteroatoms. The number of hydrogen-bond donors (Lipinski definition) is 0. The van der Waals surface area contributed by atoms with Crippen LogP contribution >= 0.6 is 0 Å². The molecule has 2 nitrogen and oxygen atoms in total. The van der Waals surface area contributed by atoms with Gasteiger partial charge in [-0.2, -0.15) is 0 Å². The van der Waals surface area contributed by atoms with Gasteiger partial charge in [0.2, 0.25) is 0 Å². The maximum Gasteiger partial charge on any atom is 0.178 e. The van der Waals surface area contributed by atoms with E-state index in [9.17, 15) is 5.11 Å². The van der Waals surface area contributed by atoms with Gasteiger partial charge in [0.25, 0.3) is 0 Å². The van der Waals surface area contributed by atoms with Gasteiger partial charge in [0.05, 0.1) is 0 Å². The lowest BCUT2D eigenvalue weighted by Crippen LogP contribution is -1.77. The fourth-order valence-corrected chi connectivity index (χ4v) is 1.18. The summed E-state index contributed by atoms with van der Waals surface area (Å²) in [7, 11) is 0. The molecule has 1 aromatic carbocycles. The summed E-state index contributed by atoms with van der Waals surface area (Å²) in [5, 5.41) is 10.8. The molecule has 0 aliphatic carbocycles. The van der Waals surface area contributed by atoms with Crippen LogP contribution < -0.4 is 0 Å². The van der Waals surface area contributed by atoms with Crippen molar-refractivity contribution in [2.24, 2.45) is 0 Å². The van der Waals surface area contributed by atoms with Gasteiger partial charge in [-0.05, 0) is 29.3 Å². The van der Waals surface area contributed by atoms with E-state index in [0.717, 1.165) is 11.1 Å². The molecule has 63 valence electrons. The van der Waals surface area contributed by atoms with Crippen molar-refractivity contribution in [2.75, 3.05) is 0 Å². The number of hydrogen-bond acceptors (Lipinski definition) is 1. The summed E-state index contributed by atoms with van der Waals surface area (Å²) in [6.45, 7) is 0. The van der Waals surface area contributed by atoms with E-state index in [-0.39, 0.29) is 5.75 Å². The smallest absolute Gasteiger partial charge is 0.178 e. The zero-order chi connectivity index (χ0) is 9.10. The first-order valence-corrected chi connectivity index (χ1v) is 4.04. The van der Waals surface area contributed by atoms with Crippen LogP contribution in [0.2, 0.25) is 0 Å². The summed E-state index contributed by atoms with van der Waals surface area (Å²) in [5.41, 5.74) is 2.05. The third-order valence-corrected chi connectivity index (χ3v) is 1.85. The largest absolute Gasteiger partial charge is 0.290 e. The molecule has 0 amide bonds. The topological polar surface area (TPSA) is 32.8 Å². The number of aromatic nitrogens is 1. The van der Waals surface area contributed by atoms with E-state index in [1.165, 1.54) is 0 Å². The van der Waals surface area contributed by atoms with E-state index in [0.29, 0.717) is 0 Å². The van der Waals surface area contributed by atoms with E-state index in [2.05, 4.69) is 4.98 Å². The predicted molar refractivity (Wildman–Crippen MR) is 49.8 cm³/mol. The number of benzene rings is 1. The lowest BCUT2D eigenvalue weighted by Gasteiger charge is -1.98. The van der Waals surface area contributed by atoms with Crippen LogP contribution in [0.3, 0.4) is 0 Å². The van der Waals surface area contributed by atoms with Gasteiger partial charge < -0.3 is 0 Å². The molecule has 0 atom stereocenters. The van der Waals surface area contributed by atoms with Crippen molar-refractivity contribution in [3.8, 4) is 16.9 Å². The van der Waals surface area contributed by atoms with Crippen LogP contribution in [0.1, 0.15) is 0 Å². The van der Waals surface area contributed by atoms with E-state index < -0.39 is 0 Å². The van der Waals surface area contributed by atoms with Gasteiger partial charge in [-0.25, -0.2) is 0 Å². The Labute approximate surface area is 76.5 Å². The molecule has 2 rings (SSSR count). The molecule has 1 heterocycles. The third-order valence-electron chi connectivity index (χ3n) is 1.85. The van der Waals surface area contributed by atoms with Crippen molar-refractivity contribution in [1.82, 2.24) is 4.98 Å². The zero-order valence-electron chi connectivity index (χ0n) is 6.97. The molecule has 0 N–H and O–H groups in total. The molecule has 0 aliphatic heterocycles. The number of nitrogens with zero attached hydrogens (tertiary/aromatic N) is 1. The Morgan fingerprint density at radius 1 is 0.923 bits per heavy atom. The van der Waals surface area contributed by atoms with Crippen LogP contribution in [0.5, 0.6) is 5.75 Å². The summed E-state index contributed by atoms with van der Waals surface area (Å²) < 4.78 is 0. The third kappa shape index (κ3) is 1.67. The highest BCUT2D eigenvalue weighted by molar-refractivity contribution is 5.62. The number of pyridine rings is 1. The SMILES string of the molecule is [O]c1ccc(-c2cccnc2)cc1.